The van der Waals surface area contributed by atoms with E-state index in [1.807, 2.05) is 6.92 Å². The average molecular weight is 217 g/mol. The highest BCUT2D eigenvalue weighted by Crippen LogP contribution is 2.24. The molecule has 0 fully saturated rings. The maximum atomic E-state index is 11.4. The fourth-order valence-corrected chi connectivity index (χ4v) is 0.938. The van der Waals surface area contributed by atoms with Crippen LogP contribution in [0.1, 0.15) is 33.6 Å². The minimum absolute atomic E-state index is 0.0466. The van der Waals surface area contributed by atoms with E-state index in [4.69, 9.17) is 5.11 Å². The number of aliphatic carboxylic acids is 1. The van der Waals surface area contributed by atoms with Gasteiger partial charge in [-0.15, -0.1) is 0 Å². The van der Waals surface area contributed by atoms with Crippen molar-refractivity contribution in [3.63, 3.8) is 0 Å². The molecule has 1 unspecified atom stereocenters. The number of hydrogen-bond donors (Lipinski definition) is 3. The van der Waals surface area contributed by atoms with Crippen LogP contribution in [0.5, 0.6) is 0 Å². The van der Waals surface area contributed by atoms with E-state index in [9.17, 15) is 14.7 Å². The summed E-state index contributed by atoms with van der Waals surface area (Å²) in [6.45, 7) is 5.50. The third-order valence-corrected chi connectivity index (χ3v) is 2.54. The Balaban J connectivity index is 4.05. The molecule has 88 valence electrons. The lowest BCUT2D eigenvalue weighted by atomic mass is 9.83. The average Bonchev–Trinajstić information content (AvgIpc) is 2.15. The van der Waals surface area contributed by atoms with Crippen LogP contribution < -0.4 is 5.32 Å². The number of rotatable bonds is 6. The van der Waals surface area contributed by atoms with Gasteiger partial charge in [0.05, 0.1) is 6.42 Å². The Bertz CT molecular complexity index is 238. The first kappa shape index (κ1) is 13.9. The molecule has 0 aromatic rings. The van der Waals surface area contributed by atoms with E-state index in [2.05, 4.69) is 5.32 Å². The van der Waals surface area contributed by atoms with Crippen LogP contribution in [0, 0.1) is 5.41 Å². The van der Waals surface area contributed by atoms with Crippen molar-refractivity contribution in [1.29, 1.82) is 0 Å². The maximum Gasteiger partial charge on any atom is 0.305 e. The normalized spacial score (nSPS) is 13.3. The Morgan fingerprint density at radius 1 is 1.40 bits per heavy atom. The van der Waals surface area contributed by atoms with Crippen LogP contribution >= 0.6 is 0 Å². The van der Waals surface area contributed by atoms with Gasteiger partial charge in [0, 0.05) is 6.54 Å². The molecule has 15 heavy (non-hydrogen) atoms. The van der Waals surface area contributed by atoms with E-state index in [0.29, 0.717) is 6.42 Å². The summed E-state index contributed by atoms with van der Waals surface area (Å²) < 4.78 is 0. The van der Waals surface area contributed by atoms with Crippen LogP contribution in [0.2, 0.25) is 0 Å². The van der Waals surface area contributed by atoms with E-state index < -0.39 is 23.4 Å². The number of carbonyl (C=O) groups excluding carboxylic acids is 1. The zero-order valence-corrected chi connectivity index (χ0v) is 9.41. The summed E-state index contributed by atoms with van der Waals surface area (Å²) in [5.41, 5.74) is -0.493. The molecule has 0 rings (SSSR count). The molecular weight excluding hydrogens is 198 g/mol. The highest BCUT2D eigenvalue weighted by atomic mass is 16.4. The molecule has 5 heteroatoms. The van der Waals surface area contributed by atoms with Crippen molar-refractivity contribution in [2.75, 3.05) is 6.54 Å². The zero-order valence-electron chi connectivity index (χ0n) is 9.41. The summed E-state index contributed by atoms with van der Waals surface area (Å²) in [7, 11) is 0. The highest BCUT2D eigenvalue weighted by molar-refractivity contribution is 5.81. The first-order valence-electron chi connectivity index (χ1n) is 4.99. The smallest absolute Gasteiger partial charge is 0.305 e. The summed E-state index contributed by atoms with van der Waals surface area (Å²) in [6, 6.07) is 0. The van der Waals surface area contributed by atoms with Gasteiger partial charge in [0.15, 0.2) is 0 Å². The van der Waals surface area contributed by atoms with Crippen molar-refractivity contribution in [3.05, 3.63) is 0 Å². The quantitative estimate of drug-likeness (QED) is 0.600. The van der Waals surface area contributed by atoms with Crippen LogP contribution in [-0.2, 0) is 9.59 Å². The highest BCUT2D eigenvalue weighted by Gasteiger charge is 2.31. The van der Waals surface area contributed by atoms with Gasteiger partial charge >= 0.3 is 5.97 Å². The number of carboxylic acid groups (broad SMARTS) is 1. The molecule has 1 atom stereocenters. The second-order valence-electron chi connectivity index (χ2n) is 4.18. The lowest BCUT2D eigenvalue weighted by Crippen LogP contribution is -2.44. The molecule has 1 amide bonds. The molecule has 0 aliphatic carbocycles. The van der Waals surface area contributed by atoms with Crippen LogP contribution in [0.25, 0.3) is 0 Å². The number of nitrogens with one attached hydrogen (secondary N) is 1. The molecule has 0 aromatic carbocycles. The maximum absolute atomic E-state index is 11.4. The predicted octanol–water partition coefficient (Wildman–Crippen LogP) is 0.374. The molecular formula is C10H19NO4. The summed E-state index contributed by atoms with van der Waals surface area (Å²) in [4.78, 5) is 21.6. The number of carbonyl (C=O) groups is 2. The Morgan fingerprint density at radius 3 is 2.33 bits per heavy atom. The SMILES string of the molecule is CCC(C)(C)C(O)C(=O)NCCC(=O)O. The summed E-state index contributed by atoms with van der Waals surface area (Å²) >= 11 is 0. The van der Waals surface area contributed by atoms with Crippen LogP contribution in [0.15, 0.2) is 0 Å². The van der Waals surface area contributed by atoms with E-state index in [0.717, 1.165) is 0 Å². The van der Waals surface area contributed by atoms with Gasteiger partial charge in [0.25, 0.3) is 0 Å². The Hall–Kier alpha value is -1.10. The van der Waals surface area contributed by atoms with Gasteiger partial charge in [-0.3, -0.25) is 9.59 Å². The lowest BCUT2D eigenvalue weighted by molar-refractivity contribution is -0.137. The molecule has 0 heterocycles. The van der Waals surface area contributed by atoms with Crippen molar-refractivity contribution >= 4 is 11.9 Å². The molecule has 5 nitrogen and oxygen atoms in total. The second-order valence-corrected chi connectivity index (χ2v) is 4.18. The van der Waals surface area contributed by atoms with Gasteiger partial charge in [0.2, 0.25) is 5.91 Å². The Labute approximate surface area is 89.5 Å². The van der Waals surface area contributed by atoms with Crippen molar-refractivity contribution < 1.29 is 19.8 Å². The molecule has 0 aliphatic rings. The molecule has 0 spiro atoms. The Kier molecular flexibility index (Phi) is 5.28. The lowest BCUT2D eigenvalue weighted by Gasteiger charge is -2.27. The van der Waals surface area contributed by atoms with Crippen molar-refractivity contribution in [1.82, 2.24) is 5.32 Å². The topological polar surface area (TPSA) is 86.6 Å². The second kappa shape index (κ2) is 5.70. The van der Waals surface area contributed by atoms with Crippen LogP contribution in [0.4, 0.5) is 0 Å². The van der Waals surface area contributed by atoms with Gasteiger partial charge < -0.3 is 15.5 Å². The predicted molar refractivity (Wildman–Crippen MR) is 55.3 cm³/mol. The van der Waals surface area contributed by atoms with Gasteiger partial charge in [-0.05, 0) is 11.8 Å². The van der Waals surface area contributed by atoms with Crippen molar-refractivity contribution in [2.24, 2.45) is 5.41 Å². The van der Waals surface area contributed by atoms with Gasteiger partial charge in [-0.2, -0.15) is 0 Å². The molecule has 0 aromatic heterocycles. The van der Waals surface area contributed by atoms with Crippen LogP contribution in [0.3, 0.4) is 0 Å². The first-order valence-corrected chi connectivity index (χ1v) is 4.99. The van der Waals surface area contributed by atoms with Gasteiger partial charge in [0.1, 0.15) is 6.10 Å². The summed E-state index contributed by atoms with van der Waals surface area (Å²) in [5, 5.41) is 20.4. The molecule has 0 bridgehead atoms. The van der Waals surface area contributed by atoms with E-state index >= 15 is 0 Å². The van der Waals surface area contributed by atoms with Crippen molar-refractivity contribution in [2.45, 2.75) is 39.7 Å². The van der Waals surface area contributed by atoms with E-state index in [-0.39, 0.29) is 13.0 Å². The minimum atomic E-state index is -1.10. The number of carboxylic acids is 1. The number of amides is 1. The summed E-state index contributed by atoms with van der Waals surface area (Å²) in [6.07, 6.45) is -0.567. The number of hydrogen-bond acceptors (Lipinski definition) is 3. The Morgan fingerprint density at radius 2 is 1.93 bits per heavy atom. The van der Waals surface area contributed by atoms with Crippen molar-refractivity contribution in [3.8, 4) is 0 Å². The molecule has 0 aliphatic heterocycles. The molecule has 0 saturated carbocycles. The largest absolute Gasteiger partial charge is 0.481 e. The third-order valence-electron chi connectivity index (χ3n) is 2.54. The fraction of sp³-hybridized carbons (Fsp3) is 0.800. The first-order chi connectivity index (χ1) is 6.81. The van der Waals surface area contributed by atoms with E-state index in [1.165, 1.54) is 0 Å². The third kappa shape index (κ3) is 4.78. The fourth-order valence-electron chi connectivity index (χ4n) is 0.938. The minimum Gasteiger partial charge on any atom is -0.481 e. The molecule has 0 saturated heterocycles. The number of aliphatic hydroxyl groups excluding tert-OH is 1. The van der Waals surface area contributed by atoms with Crippen LogP contribution in [-0.4, -0.2) is 34.7 Å². The zero-order chi connectivity index (χ0) is 12.1. The molecule has 0 radical (unpaired) electrons. The van der Waals surface area contributed by atoms with E-state index in [1.54, 1.807) is 13.8 Å². The van der Waals surface area contributed by atoms with Gasteiger partial charge in [-0.25, -0.2) is 0 Å². The monoisotopic (exact) mass is 217 g/mol. The molecule has 3 N–H and O–H groups in total. The van der Waals surface area contributed by atoms with Gasteiger partial charge in [-0.1, -0.05) is 20.8 Å². The standard InChI is InChI=1S/C10H19NO4/c1-4-10(2,3)8(14)9(15)11-6-5-7(12)13/h8,14H,4-6H2,1-3H3,(H,11,15)(H,12,13). The number of aliphatic hydroxyl groups is 1. The summed E-state index contributed by atoms with van der Waals surface area (Å²) in [5.74, 6) is -1.48.